The molecule has 3 aromatic carbocycles. The average molecular weight is 396 g/mol. The Balaban J connectivity index is 1.62. The van der Waals surface area contributed by atoms with Crippen LogP contribution >= 0.6 is 23.2 Å². The van der Waals surface area contributed by atoms with E-state index in [2.05, 4.69) is 15.3 Å². The molecule has 1 heterocycles. The van der Waals surface area contributed by atoms with Crippen LogP contribution in [0.3, 0.4) is 0 Å². The molecule has 6 heteroatoms. The van der Waals surface area contributed by atoms with Gasteiger partial charge in [0.15, 0.2) is 0 Å². The molecule has 0 aliphatic carbocycles. The molecule has 1 aromatic heterocycles. The van der Waals surface area contributed by atoms with Crippen molar-refractivity contribution in [1.29, 1.82) is 0 Å². The van der Waals surface area contributed by atoms with Crippen molar-refractivity contribution in [3.05, 3.63) is 82.3 Å². The molecule has 4 nitrogen and oxygen atoms in total. The fraction of sp³-hybridized carbons (Fsp3) is 0.0476. The van der Waals surface area contributed by atoms with E-state index in [9.17, 15) is 4.79 Å². The number of carbonyl (C=O) groups is 1. The zero-order chi connectivity index (χ0) is 18.8. The van der Waals surface area contributed by atoms with Gasteiger partial charge in [0.05, 0.1) is 23.1 Å². The summed E-state index contributed by atoms with van der Waals surface area (Å²) in [6.07, 6.45) is 0.0902. The van der Waals surface area contributed by atoms with Gasteiger partial charge >= 0.3 is 0 Å². The Morgan fingerprint density at radius 1 is 0.926 bits per heavy atom. The predicted octanol–water partition coefficient (Wildman–Crippen LogP) is 5.72. The molecular formula is C21H15Cl2N3O. The molecule has 4 rings (SSSR count). The molecular weight excluding hydrogens is 381 g/mol. The number of fused-ring (bicyclic) bond motifs is 1. The molecule has 0 spiro atoms. The third-order valence-electron chi connectivity index (χ3n) is 4.24. The minimum absolute atomic E-state index is 0.0902. The minimum Gasteiger partial charge on any atom is -0.338 e. The lowest BCUT2D eigenvalue weighted by atomic mass is 10.1. The first-order valence-electron chi connectivity index (χ1n) is 8.39. The normalized spacial score (nSPS) is 10.9. The van der Waals surface area contributed by atoms with Crippen molar-refractivity contribution in [1.82, 2.24) is 9.97 Å². The number of H-pyrrole nitrogens is 1. The molecule has 0 atom stereocenters. The average Bonchev–Trinajstić information content (AvgIpc) is 3.09. The first-order chi connectivity index (χ1) is 13.1. The van der Waals surface area contributed by atoms with Crippen LogP contribution in [0.4, 0.5) is 5.69 Å². The number of hydrogen-bond acceptors (Lipinski definition) is 2. The maximum atomic E-state index is 12.6. The Morgan fingerprint density at radius 2 is 1.63 bits per heavy atom. The Kier molecular flexibility index (Phi) is 4.84. The maximum absolute atomic E-state index is 12.6. The number of carbonyl (C=O) groups excluding carboxylic acids is 1. The van der Waals surface area contributed by atoms with Gasteiger partial charge in [-0.3, -0.25) is 4.79 Å². The number of imidazole rings is 1. The summed E-state index contributed by atoms with van der Waals surface area (Å²) in [5.74, 6) is 0.497. The van der Waals surface area contributed by atoms with Gasteiger partial charge in [-0.2, -0.15) is 0 Å². The third kappa shape index (κ3) is 3.68. The van der Waals surface area contributed by atoms with E-state index < -0.39 is 0 Å². The summed E-state index contributed by atoms with van der Waals surface area (Å²) in [5.41, 5.74) is 3.91. The van der Waals surface area contributed by atoms with E-state index >= 15 is 0 Å². The van der Waals surface area contributed by atoms with Crippen LogP contribution in [0, 0.1) is 0 Å². The van der Waals surface area contributed by atoms with Gasteiger partial charge in [-0.25, -0.2) is 4.98 Å². The Morgan fingerprint density at radius 3 is 2.41 bits per heavy atom. The lowest BCUT2D eigenvalue weighted by Gasteiger charge is -2.11. The van der Waals surface area contributed by atoms with Crippen LogP contribution in [0.1, 0.15) is 5.56 Å². The lowest BCUT2D eigenvalue weighted by molar-refractivity contribution is -0.115. The zero-order valence-electron chi connectivity index (χ0n) is 14.2. The highest BCUT2D eigenvalue weighted by Crippen LogP contribution is 2.29. The summed E-state index contributed by atoms with van der Waals surface area (Å²) in [4.78, 5) is 20.5. The molecule has 134 valence electrons. The molecule has 0 aliphatic heterocycles. The zero-order valence-corrected chi connectivity index (χ0v) is 15.7. The molecule has 4 aromatic rings. The number of anilines is 1. The van der Waals surface area contributed by atoms with E-state index in [4.69, 9.17) is 23.2 Å². The van der Waals surface area contributed by atoms with Crippen LogP contribution < -0.4 is 5.32 Å². The second-order valence-corrected chi connectivity index (χ2v) is 6.89. The first kappa shape index (κ1) is 17.6. The van der Waals surface area contributed by atoms with Crippen molar-refractivity contribution in [3.63, 3.8) is 0 Å². The van der Waals surface area contributed by atoms with Crippen LogP contribution in [0.2, 0.25) is 10.0 Å². The molecule has 0 unspecified atom stereocenters. The van der Waals surface area contributed by atoms with Gasteiger partial charge in [-0.05, 0) is 42.0 Å². The highest BCUT2D eigenvalue weighted by atomic mass is 35.5. The largest absolute Gasteiger partial charge is 0.338 e. The van der Waals surface area contributed by atoms with Crippen molar-refractivity contribution in [3.8, 4) is 11.4 Å². The summed E-state index contributed by atoms with van der Waals surface area (Å²) in [6.45, 7) is 0. The highest BCUT2D eigenvalue weighted by Gasteiger charge is 2.14. The second-order valence-electron chi connectivity index (χ2n) is 6.07. The molecule has 0 radical (unpaired) electrons. The Hall–Kier alpha value is -2.82. The molecule has 1 amide bonds. The summed E-state index contributed by atoms with van der Waals surface area (Å²) in [5, 5.41) is 3.89. The number of aromatic nitrogens is 2. The smallest absolute Gasteiger partial charge is 0.228 e. The van der Waals surface area contributed by atoms with E-state index in [1.54, 1.807) is 18.2 Å². The third-order valence-corrected chi connectivity index (χ3v) is 4.95. The van der Waals surface area contributed by atoms with Gasteiger partial charge in [0.25, 0.3) is 0 Å². The summed E-state index contributed by atoms with van der Waals surface area (Å²) < 4.78 is 0. The molecule has 0 saturated heterocycles. The van der Waals surface area contributed by atoms with Crippen LogP contribution in [-0.4, -0.2) is 15.9 Å². The monoisotopic (exact) mass is 395 g/mol. The molecule has 27 heavy (non-hydrogen) atoms. The van der Waals surface area contributed by atoms with Gasteiger partial charge < -0.3 is 10.3 Å². The van der Waals surface area contributed by atoms with E-state index in [0.717, 1.165) is 16.6 Å². The molecule has 0 aliphatic rings. The van der Waals surface area contributed by atoms with Gasteiger partial charge in [-0.1, -0.05) is 53.5 Å². The predicted molar refractivity (Wildman–Crippen MR) is 110 cm³/mol. The van der Waals surface area contributed by atoms with Crippen molar-refractivity contribution in [2.24, 2.45) is 0 Å². The standard InChI is InChI=1S/C21H15Cl2N3O/c22-15-7-5-8-16(23)14(15)12-20(27)24-17-9-2-1-6-13(17)21-25-18-10-3-4-11-19(18)26-21/h1-11H,12H2,(H,24,27)(H,25,26). The number of nitrogens with zero attached hydrogens (tertiary/aromatic N) is 1. The number of nitrogens with one attached hydrogen (secondary N) is 2. The van der Waals surface area contributed by atoms with E-state index in [0.29, 0.717) is 27.1 Å². The second kappa shape index (κ2) is 7.43. The fourth-order valence-electron chi connectivity index (χ4n) is 2.94. The summed E-state index contributed by atoms with van der Waals surface area (Å²) in [7, 11) is 0. The van der Waals surface area contributed by atoms with Crippen molar-refractivity contribution >= 4 is 45.8 Å². The van der Waals surface area contributed by atoms with E-state index in [-0.39, 0.29) is 12.3 Å². The number of benzene rings is 3. The Bertz CT molecular complexity index is 1080. The number of aromatic amines is 1. The van der Waals surface area contributed by atoms with Crippen LogP contribution in [0.15, 0.2) is 66.7 Å². The first-order valence-corrected chi connectivity index (χ1v) is 9.14. The minimum atomic E-state index is -0.200. The van der Waals surface area contributed by atoms with E-state index in [1.165, 1.54) is 0 Å². The van der Waals surface area contributed by atoms with E-state index in [1.807, 2.05) is 48.5 Å². The highest BCUT2D eigenvalue weighted by molar-refractivity contribution is 6.36. The summed E-state index contributed by atoms with van der Waals surface area (Å²) in [6, 6.07) is 20.5. The van der Waals surface area contributed by atoms with Gasteiger partial charge in [0.1, 0.15) is 5.82 Å². The molecule has 2 N–H and O–H groups in total. The van der Waals surface area contributed by atoms with Crippen molar-refractivity contribution in [2.45, 2.75) is 6.42 Å². The van der Waals surface area contributed by atoms with Gasteiger partial charge in [-0.15, -0.1) is 0 Å². The SMILES string of the molecule is O=C(Cc1c(Cl)cccc1Cl)Nc1ccccc1-c1nc2ccccc2[nH]1. The number of amides is 1. The van der Waals surface area contributed by atoms with Crippen LogP contribution in [0.5, 0.6) is 0 Å². The topological polar surface area (TPSA) is 57.8 Å². The maximum Gasteiger partial charge on any atom is 0.228 e. The molecule has 0 bridgehead atoms. The Labute approximate surface area is 166 Å². The van der Waals surface area contributed by atoms with Crippen molar-refractivity contribution < 1.29 is 4.79 Å². The van der Waals surface area contributed by atoms with Crippen molar-refractivity contribution in [2.75, 3.05) is 5.32 Å². The van der Waals surface area contributed by atoms with Gasteiger partial charge in [0.2, 0.25) is 5.91 Å². The number of halogens is 2. The fourth-order valence-corrected chi connectivity index (χ4v) is 3.47. The molecule has 0 fully saturated rings. The number of rotatable bonds is 4. The number of hydrogen-bond donors (Lipinski definition) is 2. The van der Waals surface area contributed by atoms with Gasteiger partial charge in [0, 0.05) is 15.6 Å². The quantitative estimate of drug-likeness (QED) is 0.464. The van der Waals surface area contributed by atoms with Crippen LogP contribution in [-0.2, 0) is 11.2 Å². The van der Waals surface area contributed by atoms with Crippen LogP contribution in [0.25, 0.3) is 22.4 Å². The summed E-state index contributed by atoms with van der Waals surface area (Å²) >= 11 is 12.3. The number of para-hydroxylation sites is 3. The molecule has 0 saturated carbocycles. The lowest BCUT2D eigenvalue weighted by Crippen LogP contribution is -2.15.